The number of hydrogen-bond acceptors (Lipinski definition) is 5. The van der Waals surface area contributed by atoms with Crippen molar-refractivity contribution in [3.63, 3.8) is 0 Å². The Balaban J connectivity index is 1.64. The fraction of sp³-hybridized carbons (Fsp3) is 0.350. The van der Waals surface area contributed by atoms with E-state index in [0.29, 0.717) is 24.5 Å². The third-order valence-electron chi connectivity index (χ3n) is 5.63. The van der Waals surface area contributed by atoms with Crippen LogP contribution in [-0.2, 0) is 4.79 Å². The predicted octanol–water partition coefficient (Wildman–Crippen LogP) is 2.76. The number of pyridine rings is 1. The van der Waals surface area contributed by atoms with Crippen LogP contribution in [-0.4, -0.2) is 32.0 Å². The highest BCUT2D eigenvalue weighted by Crippen LogP contribution is 2.52. The molecule has 1 saturated heterocycles. The Hall–Kier alpha value is -3.27. The topological polar surface area (TPSA) is 87.2 Å². The molecule has 0 spiro atoms. The van der Waals surface area contributed by atoms with Crippen LogP contribution in [0.4, 0.5) is 5.82 Å². The lowest BCUT2D eigenvalue weighted by Gasteiger charge is -2.21. The minimum absolute atomic E-state index is 0.123. The molecule has 2 aliphatic rings. The van der Waals surface area contributed by atoms with Gasteiger partial charge in [-0.3, -0.25) is 14.7 Å². The molecular weight excluding hydrogens is 340 g/mol. The molecule has 3 aromatic rings. The zero-order chi connectivity index (χ0) is 18.6. The smallest absolute Gasteiger partial charge is 0.249 e. The Bertz CT molecular complexity index is 1110. The van der Waals surface area contributed by atoms with Crippen LogP contribution in [0.2, 0.25) is 0 Å². The molecule has 7 nitrogen and oxygen atoms in total. The van der Waals surface area contributed by atoms with Gasteiger partial charge in [0.25, 0.3) is 0 Å². The maximum Gasteiger partial charge on any atom is 0.249 e. The lowest BCUT2D eigenvalue weighted by molar-refractivity contribution is -0.123. The van der Waals surface area contributed by atoms with Crippen LogP contribution in [0.5, 0.6) is 0 Å². The number of carbonyl (C=O) groups is 1. The van der Waals surface area contributed by atoms with Crippen molar-refractivity contribution < 1.29 is 4.79 Å². The minimum Gasteiger partial charge on any atom is -0.294 e. The molecule has 27 heavy (non-hydrogen) atoms. The summed E-state index contributed by atoms with van der Waals surface area (Å²) in [7, 11) is 0. The Morgan fingerprint density at radius 3 is 2.93 bits per heavy atom. The fourth-order valence-corrected chi connectivity index (χ4v) is 4.03. The van der Waals surface area contributed by atoms with E-state index in [2.05, 4.69) is 16.2 Å². The molecule has 3 aromatic heterocycles. The van der Waals surface area contributed by atoms with E-state index in [1.807, 2.05) is 25.3 Å². The molecule has 0 aromatic carbocycles. The van der Waals surface area contributed by atoms with Gasteiger partial charge in [-0.1, -0.05) is 0 Å². The van der Waals surface area contributed by atoms with Gasteiger partial charge in [0, 0.05) is 24.5 Å². The average molecular weight is 358 g/mol. The van der Waals surface area contributed by atoms with Gasteiger partial charge in [-0.25, -0.2) is 9.50 Å². The standard InChI is InChI=1S/C20H18N6O/c1-13-8-14(10-22-9-13)16-11-26-17(4-6-23-26)18(24-16)25-7-5-20(12-21,19(25)27)15-2-3-15/h4,6,8-11,15H,2-3,5,7H2,1H3/t20-/m1/s1. The van der Waals surface area contributed by atoms with Crippen molar-refractivity contribution in [2.24, 2.45) is 11.3 Å². The van der Waals surface area contributed by atoms with Crippen LogP contribution in [0.25, 0.3) is 16.8 Å². The lowest BCUT2D eigenvalue weighted by Crippen LogP contribution is -2.36. The molecule has 1 saturated carbocycles. The summed E-state index contributed by atoms with van der Waals surface area (Å²) in [6, 6.07) is 6.18. The van der Waals surface area contributed by atoms with E-state index in [1.165, 1.54) is 0 Å². The van der Waals surface area contributed by atoms with E-state index in [-0.39, 0.29) is 11.8 Å². The fourth-order valence-electron chi connectivity index (χ4n) is 4.03. The Kier molecular flexibility index (Phi) is 3.31. The highest BCUT2D eigenvalue weighted by atomic mass is 16.2. The summed E-state index contributed by atoms with van der Waals surface area (Å²) < 4.78 is 1.73. The molecule has 1 atom stereocenters. The van der Waals surface area contributed by atoms with Crippen molar-refractivity contribution >= 4 is 17.2 Å². The second-order valence-corrected chi connectivity index (χ2v) is 7.43. The first-order valence-electron chi connectivity index (χ1n) is 9.12. The van der Waals surface area contributed by atoms with E-state index >= 15 is 0 Å². The number of nitrogens with zero attached hydrogens (tertiary/aromatic N) is 6. The normalized spacial score (nSPS) is 22.4. The third kappa shape index (κ3) is 2.33. The number of aryl methyl sites for hydroxylation is 1. The van der Waals surface area contributed by atoms with Gasteiger partial charge < -0.3 is 0 Å². The van der Waals surface area contributed by atoms with E-state index < -0.39 is 5.41 Å². The molecule has 2 fully saturated rings. The van der Waals surface area contributed by atoms with Crippen LogP contribution in [0.3, 0.4) is 0 Å². The Morgan fingerprint density at radius 1 is 1.33 bits per heavy atom. The number of hydrogen-bond donors (Lipinski definition) is 0. The molecule has 4 heterocycles. The van der Waals surface area contributed by atoms with Gasteiger partial charge in [0.05, 0.1) is 24.2 Å². The summed E-state index contributed by atoms with van der Waals surface area (Å²) in [4.78, 5) is 23.9. The van der Waals surface area contributed by atoms with Crippen molar-refractivity contribution in [3.05, 3.63) is 42.5 Å². The van der Waals surface area contributed by atoms with Crippen LogP contribution in [0.1, 0.15) is 24.8 Å². The molecule has 7 heteroatoms. The second-order valence-electron chi connectivity index (χ2n) is 7.43. The minimum atomic E-state index is -0.889. The molecule has 1 amide bonds. The van der Waals surface area contributed by atoms with Gasteiger partial charge in [0.1, 0.15) is 10.9 Å². The van der Waals surface area contributed by atoms with Crippen LogP contribution < -0.4 is 4.90 Å². The van der Waals surface area contributed by atoms with Gasteiger partial charge in [0.2, 0.25) is 5.91 Å². The van der Waals surface area contributed by atoms with E-state index in [4.69, 9.17) is 4.98 Å². The lowest BCUT2D eigenvalue weighted by atomic mass is 9.83. The number of fused-ring (bicyclic) bond motifs is 1. The number of anilines is 1. The summed E-state index contributed by atoms with van der Waals surface area (Å²) in [5.74, 6) is 0.627. The quantitative estimate of drug-likeness (QED) is 0.718. The van der Waals surface area contributed by atoms with Crippen LogP contribution >= 0.6 is 0 Å². The number of carbonyl (C=O) groups excluding carboxylic acids is 1. The summed E-state index contributed by atoms with van der Waals surface area (Å²) in [6.07, 6.45) is 9.55. The molecule has 1 aliphatic heterocycles. The highest BCUT2D eigenvalue weighted by Gasteiger charge is 2.57. The largest absolute Gasteiger partial charge is 0.294 e. The van der Waals surface area contributed by atoms with E-state index in [9.17, 15) is 10.1 Å². The first-order valence-corrected chi connectivity index (χ1v) is 9.12. The van der Waals surface area contributed by atoms with Crippen molar-refractivity contribution in [3.8, 4) is 17.3 Å². The Morgan fingerprint density at radius 2 is 2.19 bits per heavy atom. The van der Waals surface area contributed by atoms with Crippen molar-refractivity contribution in [2.75, 3.05) is 11.4 Å². The summed E-state index contributed by atoms with van der Waals surface area (Å²) in [6.45, 7) is 2.48. The van der Waals surface area contributed by atoms with Gasteiger partial charge in [-0.05, 0) is 49.8 Å². The first kappa shape index (κ1) is 15.9. The van der Waals surface area contributed by atoms with Crippen LogP contribution in [0.15, 0.2) is 36.9 Å². The van der Waals surface area contributed by atoms with Gasteiger partial charge in [-0.15, -0.1) is 0 Å². The molecule has 1 aliphatic carbocycles. The van der Waals surface area contributed by atoms with Gasteiger partial charge >= 0.3 is 0 Å². The number of aromatic nitrogens is 4. The average Bonchev–Trinajstić information content (AvgIpc) is 3.32. The maximum atomic E-state index is 13.2. The van der Waals surface area contributed by atoms with E-state index in [0.717, 1.165) is 29.5 Å². The summed E-state index contributed by atoms with van der Waals surface area (Å²) in [5.41, 5.74) is 2.47. The maximum absolute atomic E-state index is 13.2. The van der Waals surface area contributed by atoms with Crippen molar-refractivity contribution in [1.82, 2.24) is 19.6 Å². The van der Waals surface area contributed by atoms with Gasteiger partial charge in [-0.2, -0.15) is 10.4 Å². The van der Waals surface area contributed by atoms with E-state index in [1.54, 1.807) is 28.0 Å². The Labute approximate surface area is 156 Å². The predicted molar refractivity (Wildman–Crippen MR) is 98.7 cm³/mol. The molecule has 134 valence electrons. The zero-order valence-corrected chi connectivity index (χ0v) is 15.0. The SMILES string of the molecule is Cc1cncc(-c2cn3nccc3c(N3CC[C@@](C#N)(C4CC4)C3=O)n2)c1. The molecule has 0 unspecified atom stereocenters. The number of nitriles is 1. The number of rotatable bonds is 3. The summed E-state index contributed by atoms with van der Waals surface area (Å²) >= 11 is 0. The number of amides is 1. The molecule has 5 rings (SSSR count). The van der Waals surface area contributed by atoms with Crippen LogP contribution in [0, 0.1) is 29.6 Å². The van der Waals surface area contributed by atoms with Gasteiger partial charge in [0.15, 0.2) is 5.82 Å². The first-order chi connectivity index (χ1) is 13.1. The molecule has 0 N–H and O–H groups in total. The second kappa shape index (κ2) is 5.61. The third-order valence-corrected chi connectivity index (χ3v) is 5.63. The zero-order valence-electron chi connectivity index (χ0n) is 15.0. The molecule has 0 radical (unpaired) electrons. The molecule has 0 bridgehead atoms. The highest BCUT2D eigenvalue weighted by molar-refractivity contribution is 6.04. The summed E-state index contributed by atoms with van der Waals surface area (Å²) in [5, 5.41) is 14.1. The monoisotopic (exact) mass is 358 g/mol. The molecular formula is C20H18N6O. The van der Waals surface area contributed by atoms with Crippen molar-refractivity contribution in [1.29, 1.82) is 5.26 Å². The van der Waals surface area contributed by atoms with Crippen molar-refractivity contribution in [2.45, 2.75) is 26.2 Å².